The molecule has 1 saturated carbocycles. The summed E-state index contributed by atoms with van der Waals surface area (Å²) < 4.78 is 5.07. The Morgan fingerprint density at radius 1 is 1.41 bits per heavy atom. The number of benzene rings is 1. The molecular formula is C16H23N3O3. The first-order valence-corrected chi connectivity index (χ1v) is 7.58. The fourth-order valence-electron chi connectivity index (χ4n) is 1.96. The van der Waals surface area contributed by atoms with Gasteiger partial charge in [-0.2, -0.15) is 0 Å². The van der Waals surface area contributed by atoms with Crippen molar-refractivity contribution in [2.24, 2.45) is 16.6 Å². The Morgan fingerprint density at radius 2 is 2.05 bits per heavy atom. The topological polar surface area (TPSA) is 96.9 Å². The third-order valence-corrected chi connectivity index (χ3v) is 3.57. The molecular weight excluding hydrogens is 282 g/mol. The molecule has 22 heavy (non-hydrogen) atoms. The Hall–Kier alpha value is -2.24. The minimum absolute atomic E-state index is 0.127. The van der Waals surface area contributed by atoms with Gasteiger partial charge in [-0.3, -0.25) is 5.32 Å². The van der Waals surface area contributed by atoms with E-state index in [0.29, 0.717) is 12.3 Å². The first-order valence-electron chi connectivity index (χ1n) is 7.58. The minimum Gasteiger partial charge on any atom is -0.465 e. The van der Waals surface area contributed by atoms with Gasteiger partial charge in [0.25, 0.3) is 6.02 Å². The molecule has 6 nitrogen and oxygen atoms in total. The number of aryl methyl sites for hydroxylation is 1. The van der Waals surface area contributed by atoms with Crippen LogP contribution in [0.2, 0.25) is 0 Å². The second kappa shape index (κ2) is 7.68. The van der Waals surface area contributed by atoms with E-state index in [1.807, 2.05) is 12.1 Å². The van der Waals surface area contributed by atoms with Crippen LogP contribution in [0.5, 0.6) is 0 Å². The Balaban J connectivity index is 0.000000381. The lowest BCUT2D eigenvalue weighted by molar-refractivity contribution is 0.209. The third kappa shape index (κ3) is 6.03. The van der Waals surface area contributed by atoms with Crippen LogP contribution in [0.1, 0.15) is 31.7 Å². The highest BCUT2D eigenvalue weighted by Crippen LogP contribution is 2.26. The van der Waals surface area contributed by atoms with Gasteiger partial charge in [0.15, 0.2) is 0 Å². The lowest BCUT2D eigenvalue weighted by Gasteiger charge is -2.06. The number of aliphatic imine (C=N–C) groups is 1. The van der Waals surface area contributed by atoms with Crippen LogP contribution in [-0.2, 0) is 11.2 Å². The summed E-state index contributed by atoms with van der Waals surface area (Å²) in [5, 5.41) is 10.8. The first-order chi connectivity index (χ1) is 10.5. The molecule has 0 radical (unpaired) electrons. The van der Waals surface area contributed by atoms with Gasteiger partial charge in [-0.25, -0.2) is 9.79 Å². The smallest absolute Gasteiger partial charge is 0.409 e. The van der Waals surface area contributed by atoms with Crippen LogP contribution >= 0.6 is 0 Å². The molecule has 1 aromatic rings. The highest BCUT2D eigenvalue weighted by molar-refractivity contribution is 5.82. The van der Waals surface area contributed by atoms with E-state index in [-0.39, 0.29) is 12.1 Å². The molecule has 1 aromatic carbocycles. The quantitative estimate of drug-likeness (QED) is 0.796. The lowest BCUT2D eigenvalue weighted by Crippen LogP contribution is -2.10. The van der Waals surface area contributed by atoms with Crippen molar-refractivity contribution in [3.63, 3.8) is 0 Å². The second-order valence-electron chi connectivity index (χ2n) is 5.78. The Kier molecular flexibility index (Phi) is 5.63. The number of carboxylic acid groups (broad SMARTS) is 1. The third-order valence-electron chi connectivity index (χ3n) is 3.57. The van der Waals surface area contributed by atoms with E-state index in [4.69, 9.17) is 15.6 Å². The molecule has 2 aliphatic rings. The van der Waals surface area contributed by atoms with Crippen molar-refractivity contribution >= 4 is 17.8 Å². The van der Waals surface area contributed by atoms with Crippen molar-refractivity contribution in [1.29, 1.82) is 0 Å². The van der Waals surface area contributed by atoms with Crippen molar-refractivity contribution in [3.8, 4) is 0 Å². The molecule has 3 rings (SSSR count). The van der Waals surface area contributed by atoms with E-state index in [1.165, 1.54) is 12.8 Å². The van der Waals surface area contributed by atoms with Gasteiger partial charge in [0.05, 0.1) is 6.04 Å². The molecule has 1 amide bonds. The highest BCUT2D eigenvalue weighted by atomic mass is 16.5. The summed E-state index contributed by atoms with van der Waals surface area (Å²) in [5.74, 6) is 1.08. The van der Waals surface area contributed by atoms with Gasteiger partial charge < -0.3 is 15.6 Å². The number of hydrogen-bond donors (Lipinski definition) is 3. The van der Waals surface area contributed by atoms with Crippen molar-refractivity contribution in [1.82, 2.24) is 0 Å². The number of ether oxygens (including phenoxy) is 1. The van der Waals surface area contributed by atoms with Crippen LogP contribution in [0.4, 0.5) is 10.5 Å². The molecule has 0 saturated heterocycles. The molecule has 0 spiro atoms. The van der Waals surface area contributed by atoms with Crippen LogP contribution < -0.4 is 11.1 Å². The number of anilines is 1. The maximum absolute atomic E-state index is 10.4. The van der Waals surface area contributed by atoms with Gasteiger partial charge in [0.2, 0.25) is 0 Å². The largest absolute Gasteiger partial charge is 0.465 e. The molecule has 1 fully saturated rings. The molecule has 0 unspecified atom stereocenters. The summed E-state index contributed by atoms with van der Waals surface area (Å²) in [5.41, 5.74) is 7.12. The lowest BCUT2D eigenvalue weighted by atomic mass is 10.1. The number of nitrogens with zero attached hydrogens (tertiary/aromatic N) is 1. The van der Waals surface area contributed by atoms with Gasteiger partial charge in [-0.1, -0.05) is 31.9 Å². The minimum atomic E-state index is -1.06. The summed E-state index contributed by atoms with van der Waals surface area (Å²) in [4.78, 5) is 14.6. The Bertz CT molecular complexity index is 524. The van der Waals surface area contributed by atoms with E-state index in [0.717, 1.165) is 24.3 Å². The van der Waals surface area contributed by atoms with Crippen molar-refractivity contribution < 1.29 is 14.6 Å². The maximum Gasteiger partial charge on any atom is 0.409 e. The summed E-state index contributed by atoms with van der Waals surface area (Å²) in [6.07, 6.45) is 3.64. The summed E-state index contributed by atoms with van der Waals surface area (Å²) >= 11 is 0. The summed E-state index contributed by atoms with van der Waals surface area (Å²) in [6.45, 7) is 2.82. The zero-order valence-electron chi connectivity index (χ0n) is 12.8. The van der Waals surface area contributed by atoms with Crippen molar-refractivity contribution in [2.75, 3.05) is 11.9 Å². The predicted molar refractivity (Wildman–Crippen MR) is 86.2 cm³/mol. The molecule has 0 bridgehead atoms. The second-order valence-corrected chi connectivity index (χ2v) is 5.78. The van der Waals surface area contributed by atoms with Crippen LogP contribution in [0.25, 0.3) is 0 Å². The maximum atomic E-state index is 10.4. The monoisotopic (exact) mass is 305 g/mol. The SMILES string of the molecule is CC1CC1.NC1=N[C@@H](CCc2ccc(NC(=O)O)cc2)CO1. The number of nitrogens with two attached hydrogens (primary N) is 1. The van der Waals surface area contributed by atoms with Gasteiger partial charge in [-0.15, -0.1) is 0 Å². The highest BCUT2D eigenvalue weighted by Gasteiger charge is 2.16. The van der Waals surface area contributed by atoms with Crippen LogP contribution in [0, 0.1) is 5.92 Å². The van der Waals surface area contributed by atoms with Gasteiger partial charge in [0, 0.05) is 5.69 Å². The number of amidine groups is 1. The Morgan fingerprint density at radius 3 is 2.50 bits per heavy atom. The predicted octanol–water partition coefficient (Wildman–Crippen LogP) is 2.84. The average molecular weight is 305 g/mol. The number of hydrogen-bond acceptors (Lipinski definition) is 4. The number of carbonyl (C=O) groups is 1. The molecule has 1 aliphatic heterocycles. The Labute approximate surface area is 130 Å². The van der Waals surface area contributed by atoms with E-state index in [9.17, 15) is 4.79 Å². The normalized spacial score (nSPS) is 19.5. The molecule has 120 valence electrons. The molecule has 1 atom stereocenters. The van der Waals surface area contributed by atoms with Gasteiger partial charge in [-0.05, 0) is 36.5 Å². The molecule has 1 aliphatic carbocycles. The zero-order valence-corrected chi connectivity index (χ0v) is 12.8. The summed E-state index contributed by atoms with van der Waals surface area (Å²) in [6, 6.07) is 7.67. The van der Waals surface area contributed by atoms with Crippen LogP contribution in [0.3, 0.4) is 0 Å². The standard InChI is InChI=1S/C12H15N3O3.C4H8/c13-11-14-10(7-18-11)6-3-8-1-4-9(5-2-8)15-12(16)17;1-4-2-3-4/h1-2,4-5,10,15H,3,6-7H2,(H2,13,14)(H,16,17);4H,2-3H2,1H3/t10-;/m0./s1. The van der Waals surface area contributed by atoms with Gasteiger partial charge in [0.1, 0.15) is 6.61 Å². The zero-order chi connectivity index (χ0) is 15.9. The first kappa shape index (κ1) is 16.1. The molecule has 1 heterocycles. The number of nitrogens with one attached hydrogen (secondary N) is 1. The van der Waals surface area contributed by atoms with E-state index in [2.05, 4.69) is 17.2 Å². The molecule has 4 N–H and O–H groups in total. The average Bonchev–Trinajstić information content (AvgIpc) is 3.14. The summed E-state index contributed by atoms with van der Waals surface area (Å²) in [7, 11) is 0. The van der Waals surface area contributed by atoms with E-state index in [1.54, 1.807) is 12.1 Å². The fraction of sp³-hybridized carbons (Fsp3) is 0.500. The number of rotatable bonds is 4. The van der Waals surface area contributed by atoms with E-state index < -0.39 is 6.09 Å². The van der Waals surface area contributed by atoms with E-state index >= 15 is 0 Å². The number of amides is 1. The molecule has 6 heteroatoms. The van der Waals surface area contributed by atoms with Crippen molar-refractivity contribution in [3.05, 3.63) is 29.8 Å². The van der Waals surface area contributed by atoms with Crippen LogP contribution in [-0.4, -0.2) is 29.9 Å². The molecule has 0 aromatic heterocycles. The van der Waals surface area contributed by atoms with Crippen LogP contribution in [0.15, 0.2) is 29.3 Å². The fourth-order valence-corrected chi connectivity index (χ4v) is 1.96. The van der Waals surface area contributed by atoms with Gasteiger partial charge >= 0.3 is 6.09 Å². The van der Waals surface area contributed by atoms with Crippen molar-refractivity contribution in [2.45, 2.75) is 38.6 Å².